The van der Waals surface area contributed by atoms with Crippen LogP contribution in [-0.2, 0) is 6.54 Å². The van der Waals surface area contributed by atoms with Crippen molar-refractivity contribution >= 4 is 29.9 Å². The van der Waals surface area contributed by atoms with Gasteiger partial charge in [-0.05, 0) is 53.2 Å². The highest BCUT2D eigenvalue weighted by molar-refractivity contribution is 14.0. The molecule has 0 aliphatic rings. The lowest BCUT2D eigenvalue weighted by Gasteiger charge is -2.30. The third-order valence-corrected chi connectivity index (χ3v) is 4.53. The van der Waals surface area contributed by atoms with Crippen LogP contribution in [0.5, 0.6) is 0 Å². The van der Waals surface area contributed by atoms with Crippen molar-refractivity contribution in [3.05, 3.63) is 42.3 Å². The number of aliphatic imine (C=N–C) groups is 1. The topological polar surface area (TPSA) is 65.7 Å². The molecule has 0 aliphatic carbocycles. The van der Waals surface area contributed by atoms with Crippen molar-refractivity contribution in [2.45, 2.75) is 59.7 Å². The van der Waals surface area contributed by atoms with E-state index < -0.39 is 0 Å². The van der Waals surface area contributed by atoms with Gasteiger partial charge in [-0.25, -0.2) is 9.98 Å². The van der Waals surface area contributed by atoms with E-state index in [2.05, 4.69) is 60.1 Å². The van der Waals surface area contributed by atoms with Crippen molar-refractivity contribution in [3.8, 4) is 11.5 Å². The summed E-state index contributed by atoms with van der Waals surface area (Å²) in [5.41, 5.74) is 1.80. The Balaban J connectivity index is 0.00000420. The van der Waals surface area contributed by atoms with Gasteiger partial charge in [0.15, 0.2) is 5.96 Å². The van der Waals surface area contributed by atoms with E-state index in [9.17, 15) is 0 Å². The quantitative estimate of drug-likeness (QED) is 0.212. The molecule has 0 fully saturated rings. The fourth-order valence-corrected chi connectivity index (χ4v) is 3.18. The number of aromatic nitrogens is 1. The maximum absolute atomic E-state index is 5.59. The van der Waals surface area contributed by atoms with Gasteiger partial charge >= 0.3 is 0 Å². The minimum atomic E-state index is 0. The smallest absolute Gasteiger partial charge is 0.226 e. The van der Waals surface area contributed by atoms with E-state index in [-0.39, 0.29) is 24.0 Å². The van der Waals surface area contributed by atoms with Crippen LogP contribution >= 0.6 is 24.0 Å². The summed E-state index contributed by atoms with van der Waals surface area (Å²) < 4.78 is 5.59. The molecule has 2 rings (SSSR count). The maximum Gasteiger partial charge on any atom is 0.226 e. The molecule has 2 aromatic rings. The van der Waals surface area contributed by atoms with Gasteiger partial charge in [-0.3, -0.25) is 4.90 Å². The molecule has 0 aliphatic heterocycles. The Labute approximate surface area is 192 Å². The zero-order chi connectivity index (χ0) is 20.4. The van der Waals surface area contributed by atoms with Crippen molar-refractivity contribution in [3.63, 3.8) is 0 Å². The first-order valence-corrected chi connectivity index (χ1v) is 10.3. The Hall–Kier alpha value is -1.61. The SMILES string of the molecule is CCNC(=NCc1coc(-c2ccccc2)n1)NCCCN(C(C)C)C(C)C.I. The Morgan fingerprint density at radius 3 is 2.41 bits per heavy atom. The van der Waals surface area contributed by atoms with Gasteiger partial charge in [-0.15, -0.1) is 24.0 Å². The standard InChI is InChI=1S/C22H35N5O.HI/c1-6-23-22(24-13-10-14-27(17(2)3)18(4)5)25-15-20-16-28-21(26-20)19-11-8-7-9-12-19;/h7-9,11-12,16-18H,6,10,13-15H2,1-5H3,(H2,23,24,25);1H. The number of halogens is 1. The lowest BCUT2D eigenvalue weighted by Crippen LogP contribution is -2.41. The lowest BCUT2D eigenvalue weighted by molar-refractivity contribution is 0.173. The van der Waals surface area contributed by atoms with Crippen LogP contribution in [0.1, 0.15) is 46.7 Å². The highest BCUT2D eigenvalue weighted by Crippen LogP contribution is 2.18. The third kappa shape index (κ3) is 8.74. The molecule has 1 aromatic heterocycles. The first-order chi connectivity index (χ1) is 13.5. The Morgan fingerprint density at radius 2 is 1.79 bits per heavy atom. The van der Waals surface area contributed by atoms with E-state index in [0.717, 1.165) is 43.3 Å². The van der Waals surface area contributed by atoms with E-state index >= 15 is 0 Å². The molecule has 162 valence electrons. The van der Waals surface area contributed by atoms with Gasteiger partial charge in [0.25, 0.3) is 0 Å². The molecule has 0 unspecified atom stereocenters. The summed E-state index contributed by atoms with van der Waals surface area (Å²) in [6.45, 7) is 14.3. The molecule has 1 heterocycles. The molecular formula is C22H36IN5O. The van der Waals surface area contributed by atoms with Crippen molar-refractivity contribution < 1.29 is 4.42 Å². The fraction of sp³-hybridized carbons (Fsp3) is 0.545. The number of rotatable bonds is 10. The summed E-state index contributed by atoms with van der Waals surface area (Å²) in [4.78, 5) is 11.7. The summed E-state index contributed by atoms with van der Waals surface area (Å²) in [7, 11) is 0. The molecule has 0 saturated heterocycles. The number of benzene rings is 1. The number of hydrogen-bond donors (Lipinski definition) is 2. The molecule has 0 radical (unpaired) electrons. The number of guanidine groups is 1. The highest BCUT2D eigenvalue weighted by Gasteiger charge is 2.12. The van der Waals surface area contributed by atoms with Crippen LogP contribution in [0.15, 0.2) is 46.0 Å². The summed E-state index contributed by atoms with van der Waals surface area (Å²) in [6, 6.07) is 11.0. The van der Waals surface area contributed by atoms with Crippen molar-refractivity contribution in [1.82, 2.24) is 20.5 Å². The zero-order valence-electron chi connectivity index (χ0n) is 18.3. The number of nitrogens with zero attached hydrogens (tertiary/aromatic N) is 3. The average molecular weight is 513 g/mol. The monoisotopic (exact) mass is 513 g/mol. The number of nitrogens with one attached hydrogen (secondary N) is 2. The molecule has 0 saturated carbocycles. The van der Waals surface area contributed by atoms with Gasteiger partial charge < -0.3 is 15.1 Å². The van der Waals surface area contributed by atoms with Gasteiger partial charge in [0.2, 0.25) is 5.89 Å². The molecule has 29 heavy (non-hydrogen) atoms. The summed E-state index contributed by atoms with van der Waals surface area (Å²) in [5, 5.41) is 6.71. The van der Waals surface area contributed by atoms with Crippen LogP contribution in [0.3, 0.4) is 0 Å². The van der Waals surface area contributed by atoms with Gasteiger partial charge in [0, 0.05) is 37.3 Å². The second kappa shape index (κ2) is 13.6. The summed E-state index contributed by atoms with van der Waals surface area (Å²) >= 11 is 0. The largest absolute Gasteiger partial charge is 0.444 e. The normalized spacial score (nSPS) is 11.8. The van der Waals surface area contributed by atoms with Crippen molar-refractivity contribution in [2.75, 3.05) is 19.6 Å². The van der Waals surface area contributed by atoms with E-state index in [1.165, 1.54) is 0 Å². The molecule has 0 bridgehead atoms. The van der Waals surface area contributed by atoms with Crippen LogP contribution in [0, 0.1) is 0 Å². The molecule has 7 heteroatoms. The first-order valence-electron chi connectivity index (χ1n) is 10.3. The minimum Gasteiger partial charge on any atom is -0.444 e. The van der Waals surface area contributed by atoms with Gasteiger partial charge in [0.1, 0.15) is 12.0 Å². The van der Waals surface area contributed by atoms with Crippen LogP contribution in [0.2, 0.25) is 0 Å². The van der Waals surface area contributed by atoms with E-state index in [1.54, 1.807) is 6.26 Å². The lowest BCUT2D eigenvalue weighted by atomic mass is 10.2. The minimum absolute atomic E-state index is 0. The number of oxazole rings is 1. The second-order valence-electron chi connectivity index (χ2n) is 7.41. The highest BCUT2D eigenvalue weighted by atomic mass is 127. The van der Waals surface area contributed by atoms with Gasteiger partial charge in [-0.2, -0.15) is 0 Å². The van der Waals surface area contributed by atoms with Gasteiger partial charge in [0.05, 0.1) is 6.54 Å². The van der Waals surface area contributed by atoms with E-state index in [4.69, 9.17) is 4.42 Å². The van der Waals surface area contributed by atoms with Crippen molar-refractivity contribution in [1.29, 1.82) is 0 Å². The zero-order valence-corrected chi connectivity index (χ0v) is 20.6. The number of hydrogen-bond acceptors (Lipinski definition) is 4. The first kappa shape index (κ1) is 25.4. The van der Waals surface area contributed by atoms with Crippen LogP contribution in [-0.4, -0.2) is 47.6 Å². The molecule has 1 aromatic carbocycles. The second-order valence-corrected chi connectivity index (χ2v) is 7.41. The molecule has 6 nitrogen and oxygen atoms in total. The Kier molecular flexibility index (Phi) is 11.9. The Bertz CT molecular complexity index is 707. The molecular weight excluding hydrogens is 477 g/mol. The molecule has 0 atom stereocenters. The molecule has 0 amide bonds. The third-order valence-electron chi connectivity index (χ3n) is 4.53. The van der Waals surface area contributed by atoms with Gasteiger partial charge in [-0.1, -0.05) is 18.2 Å². The average Bonchev–Trinajstić information content (AvgIpc) is 3.15. The van der Waals surface area contributed by atoms with Crippen LogP contribution < -0.4 is 10.6 Å². The van der Waals surface area contributed by atoms with E-state index in [1.807, 2.05) is 30.3 Å². The Morgan fingerprint density at radius 1 is 1.10 bits per heavy atom. The van der Waals surface area contributed by atoms with Crippen molar-refractivity contribution in [2.24, 2.45) is 4.99 Å². The predicted molar refractivity (Wildman–Crippen MR) is 132 cm³/mol. The summed E-state index contributed by atoms with van der Waals surface area (Å²) in [6.07, 6.45) is 2.75. The van der Waals surface area contributed by atoms with Crippen LogP contribution in [0.25, 0.3) is 11.5 Å². The van der Waals surface area contributed by atoms with E-state index in [0.29, 0.717) is 24.5 Å². The summed E-state index contributed by atoms with van der Waals surface area (Å²) in [5.74, 6) is 1.44. The fourth-order valence-electron chi connectivity index (χ4n) is 3.18. The predicted octanol–water partition coefficient (Wildman–Crippen LogP) is 4.52. The van der Waals surface area contributed by atoms with Crippen LogP contribution in [0.4, 0.5) is 0 Å². The molecule has 2 N–H and O–H groups in total. The molecule has 0 spiro atoms. The maximum atomic E-state index is 5.59.